The van der Waals surface area contributed by atoms with Crippen molar-refractivity contribution in [2.24, 2.45) is 16.2 Å². The summed E-state index contributed by atoms with van der Waals surface area (Å²) in [6.45, 7) is 8.32. The summed E-state index contributed by atoms with van der Waals surface area (Å²) in [5, 5.41) is 3.06. The molecule has 0 aromatic heterocycles. The molecule has 118 valence electrons. The summed E-state index contributed by atoms with van der Waals surface area (Å²) in [7, 11) is 0. The zero-order valence-electron chi connectivity index (χ0n) is 14.0. The zero-order valence-corrected chi connectivity index (χ0v) is 14.0. The van der Waals surface area contributed by atoms with Crippen molar-refractivity contribution in [2.45, 2.75) is 53.4 Å². The Hall–Kier alpha value is -1.64. The van der Waals surface area contributed by atoms with Gasteiger partial charge in [0.05, 0.1) is 5.41 Å². The average Bonchev–Trinajstić information content (AvgIpc) is 2.78. The highest BCUT2D eigenvalue weighted by Crippen LogP contribution is 2.70. The van der Waals surface area contributed by atoms with Crippen LogP contribution in [0.25, 0.3) is 0 Å². The maximum absolute atomic E-state index is 13.0. The van der Waals surface area contributed by atoms with Gasteiger partial charge in [-0.1, -0.05) is 39.8 Å². The molecule has 1 aromatic rings. The Labute approximate surface area is 132 Å². The second kappa shape index (κ2) is 4.68. The second-order valence-corrected chi connectivity index (χ2v) is 7.64. The van der Waals surface area contributed by atoms with E-state index < -0.39 is 5.41 Å². The van der Waals surface area contributed by atoms with Crippen LogP contribution in [0.15, 0.2) is 24.3 Å². The highest BCUT2D eigenvalue weighted by Gasteiger charge is 2.72. The SMILES string of the molecule is CCc1ccc(NC(=O)[C@]23CC[C@@](C)(C(=O)C2)C3(C)C)cc1. The normalized spacial score (nSPS) is 32.3. The van der Waals surface area contributed by atoms with E-state index in [-0.39, 0.29) is 22.5 Å². The molecule has 3 heteroatoms. The predicted molar refractivity (Wildman–Crippen MR) is 87.6 cm³/mol. The molecule has 3 rings (SSSR count). The average molecular weight is 299 g/mol. The van der Waals surface area contributed by atoms with Crippen LogP contribution in [0.2, 0.25) is 0 Å². The number of hydrogen-bond acceptors (Lipinski definition) is 2. The fourth-order valence-corrected chi connectivity index (χ4v) is 4.44. The van der Waals surface area contributed by atoms with E-state index in [2.05, 4.69) is 26.1 Å². The van der Waals surface area contributed by atoms with Crippen LogP contribution in [0.5, 0.6) is 0 Å². The van der Waals surface area contributed by atoms with Crippen molar-refractivity contribution >= 4 is 17.4 Å². The first kappa shape index (κ1) is 15.3. The lowest BCUT2D eigenvalue weighted by Gasteiger charge is -2.38. The number of carbonyl (C=O) groups is 2. The van der Waals surface area contributed by atoms with Crippen LogP contribution in [0.4, 0.5) is 5.69 Å². The van der Waals surface area contributed by atoms with Gasteiger partial charge in [-0.25, -0.2) is 0 Å². The van der Waals surface area contributed by atoms with E-state index in [0.29, 0.717) is 6.42 Å². The van der Waals surface area contributed by atoms with E-state index in [1.54, 1.807) is 0 Å². The molecule has 2 aliphatic rings. The molecule has 22 heavy (non-hydrogen) atoms. The summed E-state index contributed by atoms with van der Waals surface area (Å²) in [6.07, 6.45) is 3.00. The second-order valence-electron chi connectivity index (χ2n) is 7.64. The van der Waals surface area contributed by atoms with Gasteiger partial charge in [-0.3, -0.25) is 9.59 Å². The minimum atomic E-state index is -0.553. The predicted octanol–water partition coefficient (Wildman–Crippen LogP) is 3.97. The molecule has 2 aliphatic carbocycles. The molecule has 0 unspecified atom stereocenters. The molecule has 2 atom stereocenters. The highest BCUT2D eigenvalue weighted by molar-refractivity contribution is 6.04. The number of ketones is 1. The summed E-state index contributed by atoms with van der Waals surface area (Å²) < 4.78 is 0. The Balaban J connectivity index is 1.87. The number of nitrogens with one attached hydrogen (secondary N) is 1. The maximum Gasteiger partial charge on any atom is 0.231 e. The third-order valence-electron chi connectivity index (χ3n) is 6.76. The molecular formula is C19H25NO2. The minimum Gasteiger partial charge on any atom is -0.326 e. The summed E-state index contributed by atoms with van der Waals surface area (Å²) in [5.74, 6) is 0.261. The van der Waals surface area contributed by atoms with Gasteiger partial charge in [0.15, 0.2) is 0 Å². The Morgan fingerprint density at radius 2 is 1.77 bits per heavy atom. The number of amides is 1. The lowest BCUT2D eigenvalue weighted by atomic mass is 9.64. The zero-order chi connectivity index (χ0) is 16.2. The Bertz CT molecular complexity index is 631. The molecule has 1 amide bonds. The molecule has 3 nitrogen and oxygen atoms in total. The molecule has 0 heterocycles. The standard InChI is InChI=1S/C19H25NO2/c1-5-13-6-8-14(9-7-13)20-16(22)19-11-10-18(4,15(21)12-19)17(19,2)3/h6-9H,5,10-12H2,1-4H3,(H,20,22)/t18-,19-/m0/s1. The first-order valence-electron chi connectivity index (χ1n) is 8.20. The number of carbonyl (C=O) groups excluding carboxylic acids is 2. The van der Waals surface area contributed by atoms with Gasteiger partial charge in [-0.05, 0) is 42.4 Å². The molecular weight excluding hydrogens is 274 g/mol. The number of aryl methyl sites for hydroxylation is 1. The lowest BCUT2D eigenvalue weighted by Crippen LogP contribution is -2.43. The molecule has 2 bridgehead atoms. The van der Waals surface area contributed by atoms with Crippen LogP contribution in [0, 0.1) is 16.2 Å². The van der Waals surface area contributed by atoms with E-state index >= 15 is 0 Å². The Kier molecular flexibility index (Phi) is 3.24. The highest BCUT2D eigenvalue weighted by atomic mass is 16.2. The largest absolute Gasteiger partial charge is 0.326 e. The molecule has 0 aliphatic heterocycles. The Morgan fingerprint density at radius 1 is 1.14 bits per heavy atom. The minimum absolute atomic E-state index is 0.0105. The summed E-state index contributed by atoms with van der Waals surface area (Å²) >= 11 is 0. The van der Waals surface area contributed by atoms with Crippen LogP contribution in [0.1, 0.15) is 52.5 Å². The Morgan fingerprint density at radius 3 is 2.23 bits per heavy atom. The van der Waals surface area contributed by atoms with Gasteiger partial charge in [0, 0.05) is 17.5 Å². The van der Waals surface area contributed by atoms with Crippen molar-refractivity contribution in [3.8, 4) is 0 Å². The topological polar surface area (TPSA) is 46.2 Å². The summed E-state index contributed by atoms with van der Waals surface area (Å²) in [5.41, 5.74) is 0.879. The third kappa shape index (κ3) is 1.74. The summed E-state index contributed by atoms with van der Waals surface area (Å²) in [4.78, 5) is 25.4. The van der Waals surface area contributed by atoms with Crippen molar-refractivity contribution < 1.29 is 9.59 Å². The summed E-state index contributed by atoms with van der Waals surface area (Å²) in [6, 6.07) is 7.98. The van der Waals surface area contributed by atoms with Crippen LogP contribution < -0.4 is 5.32 Å². The molecule has 1 aromatic carbocycles. The first-order valence-corrected chi connectivity index (χ1v) is 8.20. The molecule has 1 N–H and O–H groups in total. The fourth-order valence-electron chi connectivity index (χ4n) is 4.44. The van der Waals surface area contributed by atoms with Crippen molar-refractivity contribution in [2.75, 3.05) is 5.32 Å². The maximum atomic E-state index is 13.0. The van der Waals surface area contributed by atoms with E-state index in [1.165, 1.54) is 5.56 Å². The van der Waals surface area contributed by atoms with E-state index in [9.17, 15) is 9.59 Å². The molecule has 2 fully saturated rings. The van der Waals surface area contributed by atoms with Gasteiger partial charge < -0.3 is 5.32 Å². The quantitative estimate of drug-likeness (QED) is 0.918. The fraction of sp³-hybridized carbons (Fsp3) is 0.579. The number of anilines is 1. The molecule has 0 spiro atoms. The number of rotatable bonds is 3. The van der Waals surface area contributed by atoms with Crippen molar-refractivity contribution in [3.63, 3.8) is 0 Å². The van der Waals surface area contributed by atoms with Gasteiger partial charge in [0.2, 0.25) is 5.91 Å². The smallest absolute Gasteiger partial charge is 0.231 e. The van der Waals surface area contributed by atoms with E-state index in [1.807, 2.05) is 31.2 Å². The monoisotopic (exact) mass is 299 g/mol. The van der Waals surface area contributed by atoms with Gasteiger partial charge in [-0.2, -0.15) is 0 Å². The first-order chi connectivity index (χ1) is 10.3. The number of Topliss-reactive ketones (excluding diaryl/α,β-unsaturated/α-hetero) is 1. The lowest BCUT2D eigenvalue weighted by molar-refractivity contribution is -0.131. The molecule has 0 saturated heterocycles. The van der Waals surface area contributed by atoms with Gasteiger partial charge >= 0.3 is 0 Å². The van der Waals surface area contributed by atoms with Gasteiger partial charge in [0.1, 0.15) is 5.78 Å². The van der Waals surface area contributed by atoms with Crippen molar-refractivity contribution in [1.82, 2.24) is 0 Å². The van der Waals surface area contributed by atoms with Crippen LogP contribution >= 0.6 is 0 Å². The van der Waals surface area contributed by atoms with Crippen LogP contribution in [-0.4, -0.2) is 11.7 Å². The van der Waals surface area contributed by atoms with E-state index in [0.717, 1.165) is 24.9 Å². The van der Waals surface area contributed by atoms with Crippen LogP contribution in [0.3, 0.4) is 0 Å². The number of hydrogen-bond donors (Lipinski definition) is 1. The van der Waals surface area contributed by atoms with Crippen molar-refractivity contribution in [1.29, 1.82) is 0 Å². The van der Waals surface area contributed by atoms with Crippen LogP contribution in [-0.2, 0) is 16.0 Å². The van der Waals surface area contributed by atoms with Gasteiger partial charge in [0.25, 0.3) is 0 Å². The third-order valence-corrected chi connectivity index (χ3v) is 6.76. The number of fused-ring (bicyclic) bond motifs is 2. The van der Waals surface area contributed by atoms with E-state index in [4.69, 9.17) is 0 Å². The number of benzene rings is 1. The van der Waals surface area contributed by atoms with Gasteiger partial charge in [-0.15, -0.1) is 0 Å². The van der Waals surface area contributed by atoms with Crippen molar-refractivity contribution in [3.05, 3.63) is 29.8 Å². The molecule has 0 radical (unpaired) electrons. The molecule has 2 saturated carbocycles.